The van der Waals surface area contributed by atoms with Crippen LogP contribution in [0.15, 0.2) is 12.1 Å². The van der Waals surface area contributed by atoms with Crippen LogP contribution in [0.5, 0.6) is 5.75 Å². The van der Waals surface area contributed by atoms with Gasteiger partial charge in [-0.05, 0) is 37.8 Å². The van der Waals surface area contributed by atoms with Crippen LogP contribution in [0.4, 0.5) is 5.69 Å². The number of halogens is 1. The Morgan fingerprint density at radius 1 is 1.36 bits per heavy atom. The van der Waals surface area contributed by atoms with Gasteiger partial charge in [-0.1, -0.05) is 11.6 Å². The maximum atomic E-state index is 12.7. The Balaban J connectivity index is 1.79. The van der Waals surface area contributed by atoms with Crippen molar-refractivity contribution < 1.29 is 9.53 Å². The molecule has 1 heterocycles. The second-order valence-electron chi connectivity index (χ2n) is 6.39. The third-order valence-electron chi connectivity index (χ3n) is 4.88. The summed E-state index contributed by atoms with van der Waals surface area (Å²) in [5.74, 6) is 1.38. The van der Waals surface area contributed by atoms with Crippen LogP contribution in [-0.4, -0.2) is 44.1 Å². The van der Waals surface area contributed by atoms with E-state index in [1.54, 1.807) is 12.1 Å². The average molecular weight is 324 g/mol. The number of methoxy groups -OCH3 is 1. The van der Waals surface area contributed by atoms with Gasteiger partial charge in [0, 0.05) is 25.2 Å². The number of nitrogens with two attached hydrogens (primary N) is 1. The molecular weight excluding hydrogens is 302 g/mol. The molecule has 1 aromatic carbocycles. The summed E-state index contributed by atoms with van der Waals surface area (Å²) in [5, 5.41) is 3.57. The van der Waals surface area contributed by atoms with E-state index in [0.29, 0.717) is 33.9 Å². The summed E-state index contributed by atoms with van der Waals surface area (Å²) in [6.07, 6.45) is 2.36. The third kappa shape index (κ3) is 2.75. The van der Waals surface area contributed by atoms with Gasteiger partial charge in [0.25, 0.3) is 5.91 Å². The number of likely N-dealkylation sites (tertiary alicyclic amines) is 1. The molecule has 6 heteroatoms. The SMILES string of the molecule is COc1cc(N)c(Cl)cc1C(=O)NC1C2CCC1CN(C)C2. The number of fused-ring (bicyclic) bond motifs is 2. The van der Waals surface area contributed by atoms with Gasteiger partial charge in [-0.2, -0.15) is 0 Å². The van der Waals surface area contributed by atoms with Crippen LogP contribution in [0.1, 0.15) is 23.2 Å². The number of hydrogen-bond donors (Lipinski definition) is 2. The lowest BCUT2D eigenvalue weighted by Gasteiger charge is -2.36. The van der Waals surface area contributed by atoms with Crippen molar-refractivity contribution in [2.75, 3.05) is 33.0 Å². The number of hydrogen-bond acceptors (Lipinski definition) is 4. The van der Waals surface area contributed by atoms with Crippen molar-refractivity contribution in [3.8, 4) is 5.75 Å². The first-order valence-electron chi connectivity index (χ1n) is 7.62. The number of rotatable bonds is 3. The molecule has 1 amide bonds. The summed E-state index contributed by atoms with van der Waals surface area (Å²) in [6.45, 7) is 2.09. The van der Waals surface area contributed by atoms with Crippen LogP contribution in [0, 0.1) is 11.8 Å². The van der Waals surface area contributed by atoms with Gasteiger partial charge in [-0.25, -0.2) is 0 Å². The lowest BCUT2D eigenvalue weighted by atomic mass is 9.92. The number of nitrogens with zero attached hydrogens (tertiary/aromatic N) is 1. The molecule has 0 spiro atoms. The highest BCUT2D eigenvalue weighted by Gasteiger charge is 2.41. The minimum atomic E-state index is -0.134. The lowest BCUT2D eigenvalue weighted by molar-refractivity contribution is 0.0859. The van der Waals surface area contributed by atoms with Gasteiger partial charge in [0.15, 0.2) is 0 Å². The van der Waals surface area contributed by atoms with Crippen molar-refractivity contribution in [3.05, 3.63) is 22.7 Å². The Kier molecular flexibility index (Phi) is 4.19. The molecule has 0 radical (unpaired) electrons. The predicted octanol–water partition coefficient (Wildman–Crippen LogP) is 2.00. The fraction of sp³-hybridized carbons (Fsp3) is 0.562. The molecule has 0 aromatic heterocycles. The monoisotopic (exact) mass is 323 g/mol. The summed E-state index contributed by atoms with van der Waals surface area (Å²) in [5.41, 5.74) is 6.63. The normalized spacial score (nSPS) is 27.7. The molecule has 1 aliphatic heterocycles. The van der Waals surface area contributed by atoms with Crippen molar-refractivity contribution in [2.24, 2.45) is 11.8 Å². The highest BCUT2D eigenvalue weighted by Crippen LogP contribution is 2.37. The molecule has 1 aliphatic carbocycles. The zero-order valence-corrected chi connectivity index (χ0v) is 13.7. The maximum absolute atomic E-state index is 12.7. The number of amides is 1. The van der Waals surface area contributed by atoms with Crippen molar-refractivity contribution in [2.45, 2.75) is 18.9 Å². The lowest BCUT2D eigenvalue weighted by Crippen LogP contribution is -2.51. The van der Waals surface area contributed by atoms with Crippen molar-refractivity contribution in [1.29, 1.82) is 0 Å². The molecule has 120 valence electrons. The molecule has 2 atom stereocenters. The number of carbonyl (C=O) groups excluding carboxylic acids is 1. The molecule has 1 saturated carbocycles. The topological polar surface area (TPSA) is 67.6 Å². The molecule has 2 bridgehead atoms. The van der Waals surface area contributed by atoms with Crippen molar-refractivity contribution in [1.82, 2.24) is 10.2 Å². The summed E-state index contributed by atoms with van der Waals surface area (Å²) < 4.78 is 5.27. The first-order valence-corrected chi connectivity index (χ1v) is 7.99. The quantitative estimate of drug-likeness (QED) is 0.835. The minimum Gasteiger partial charge on any atom is -0.496 e. The fourth-order valence-electron chi connectivity index (χ4n) is 3.84. The Hall–Kier alpha value is -1.46. The Labute approximate surface area is 135 Å². The van der Waals surface area contributed by atoms with Gasteiger partial charge >= 0.3 is 0 Å². The van der Waals surface area contributed by atoms with E-state index in [2.05, 4.69) is 17.3 Å². The van der Waals surface area contributed by atoms with Crippen LogP contribution < -0.4 is 15.8 Å². The Bertz CT molecular complexity index is 579. The molecule has 22 heavy (non-hydrogen) atoms. The number of ether oxygens (including phenoxy) is 1. The number of nitrogen functional groups attached to an aromatic ring is 1. The van der Waals surface area contributed by atoms with Gasteiger partial charge in [0.1, 0.15) is 5.75 Å². The van der Waals surface area contributed by atoms with Crippen molar-refractivity contribution >= 4 is 23.2 Å². The standard InChI is InChI=1S/C16H22ClN3O2/c1-20-7-9-3-4-10(8-20)15(9)19-16(21)11-5-12(17)13(18)6-14(11)22-2/h5-6,9-10,15H,3-4,7-8,18H2,1-2H3,(H,19,21). The maximum Gasteiger partial charge on any atom is 0.255 e. The summed E-state index contributed by atoms with van der Waals surface area (Å²) in [4.78, 5) is 15.0. The molecule has 1 saturated heterocycles. The van der Waals surface area contributed by atoms with E-state index in [1.807, 2.05) is 0 Å². The largest absolute Gasteiger partial charge is 0.496 e. The van der Waals surface area contributed by atoms with Gasteiger partial charge < -0.3 is 20.7 Å². The van der Waals surface area contributed by atoms with Crippen LogP contribution in [-0.2, 0) is 0 Å². The van der Waals surface area contributed by atoms with Gasteiger partial charge in [0.2, 0.25) is 0 Å². The first kappa shape index (κ1) is 15.4. The predicted molar refractivity (Wildman–Crippen MR) is 87.4 cm³/mol. The summed E-state index contributed by atoms with van der Waals surface area (Å²) in [6, 6.07) is 3.42. The number of benzene rings is 1. The molecular formula is C16H22ClN3O2. The summed E-state index contributed by atoms with van der Waals surface area (Å²) >= 11 is 6.05. The van der Waals surface area contributed by atoms with E-state index in [4.69, 9.17) is 22.1 Å². The molecule has 1 aromatic rings. The second kappa shape index (κ2) is 5.97. The van der Waals surface area contributed by atoms with Gasteiger partial charge in [0.05, 0.1) is 23.4 Å². The molecule has 3 N–H and O–H groups in total. The molecule has 3 rings (SSSR count). The van der Waals surface area contributed by atoms with Crippen LogP contribution in [0.2, 0.25) is 5.02 Å². The van der Waals surface area contributed by atoms with Gasteiger partial charge in [-0.3, -0.25) is 4.79 Å². The summed E-state index contributed by atoms with van der Waals surface area (Å²) in [7, 11) is 3.67. The van der Waals surface area contributed by atoms with Crippen LogP contribution in [0.3, 0.4) is 0 Å². The number of anilines is 1. The van der Waals surface area contributed by atoms with Gasteiger partial charge in [-0.15, -0.1) is 0 Å². The first-order chi connectivity index (χ1) is 10.5. The number of nitrogens with one attached hydrogen (secondary N) is 1. The molecule has 2 fully saturated rings. The minimum absolute atomic E-state index is 0.134. The smallest absolute Gasteiger partial charge is 0.255 e. The van der Waals surface area contributed by atoms with Crippen molar-refractivity contribution in [3.63, 3.8) is 0 Å². The van der Waals surface area contributed by atoms with E-state index in [9.17, 15) is 4.79 Å². The van der Waals surface area contributed by atoms with E-state index >= 15 is 0 Å². The Morgan fingerprint density at radius 2 is 2.00 bits per heavy atom. The third-order valence-corrected chi connectivity index (χ3v) is 5.20. The van der Waals surface area contributed by atoms with E-state index in [0.717, 1.165) is 13.1 Å². The highest BCUT2D eigenvalue weighted by atomic mass is 35.5. The average Bonchev–Trinajstić information content (AvgIpc) is 2.71. The number of carbonyl (C=O) groups is 1. The number of piperidine rings is 1. The van der Waals surface area contributed by atoms with E-state index in [-0.39, 0.29) is 11.9 Å². The van der Waals surface area contributed by atoms with E-state index in [1.165, 1.54) is 20.0 Å². The highest BCUT2D eigenvalue weighted by molar-refractivity contribution is 6.33. The van der Waals surface area contributed by atoms with Crippen LogP contribution >= 0.6 is 11.6 Å². The molecule has 2 aliphatic rings. The molecule has 5 nitrogen and oxygen atoms in total. The zero-order valence-electron chi connectivity index (χ0n) is 12.9. The Morgan fingerprint density at radius 3 is 2.59 bits per heavy atom. The van der Waals surface area contributed by atoms with E-state index < -0.39 is 0 Å². The zero-order chi connectivity index (χ0) is 15.9. The second-order valence-corrected chi connectivity index (χ2v) is 6.80. The van der Waals surface area contributed by atoms with Crippen LogP contribution in [0.25, 0.3) is 0 Å². The molecule has 2 unspecified atom stereocenters. The fourth-order valence-corrected chi connectivity index (χ4v) is 4.00.